The van der Waals surface area contributed by atoms with Gasteiger partial charge in [-0.1, -0.05) is 5.16 Å². The van der Waals surface area contributed by atoms with Crippen molar-refractivity contribution in [3.8, 4) is 10.6 Å². The molecule has 1 unspecified atom stereocenters. The van der Waals surface area contributed by atoms with E-state index in [1.165, 1.54) is 0 Å². The lowest BCUT2D eigenvalue weighted by Gasteiger charge is -2.22. The molecule has 0 spiro atoms. The first-order chi connectivity index (χ1) is 12.5. The minimum atomic E-state index is -0.521. The van der Waals surface area contributed by atoms with Crippen molar-refractivity contribution in [2.24, 2.45) is 0 Å². The lowest BCUT2D eigenvalue weighted by Crippen LogP contribution is -2.50. The van der Waals surface area contributed by atoms with Crippen LogP contribution in [-0.2, 0) is 4.79 Å². The van der Waals surface area contributed by atoms with Gasteiger partial charge in [-0.15, -0.1) is 11.3 Å². The summed E-state index contributed by atoms with van der Waals surface area (Å²) in [5.74, 6) is -0.466. The molecule has 4 heterocycles. The van der Waals surface area contributed by atoms with Gasteiger partial charge in [0.25, 0.3) is 11.6 Å². The Morgan fingerprint density at radius 1 is 1.38 bits per heavy atom. The minimum absolute atomic E-state index is 0.147. The number of hydrogen-bond acceptors (Lipinski definition) is 6. The molecule has 1 atom stereocenters. The van der Waals surface area contributed by atoms with Gasteiger partial charge in [-0.2, -0.15) is 0 Å². The number of hydrogen-bond donors (Lipinski definition) is 2. The molecule has 4 rings (SSSR count). The van der Waals surface area contributed by atoms with Crippen LogP contribution in [0.1, 0.15) is 33.8 Å². The number of thiophene rings is 1. The molecule has 1 saturated heterocycles. The van der Waals surface area contributed by atoms with Crippen molar-refractivity contribution in [2.45, 2.75) is 32.7 Å². The molecular formula is C18H18N4O3S. The second-order valence-electron chi connectivity index (χ2n) is 6.37. The third-order valence-corrected chi connectivity index (χ3v) is 5.47. The number of carbonyl (C=O) groups excluding carboxylic acids is 2. The van der Waals surface area contributed by atoms with Crippen molar-refractivity contribution in [2.75, 3.05) is 6.54 Å². The monoisotopic (exact) mass is 370 g/mol. The molecule has 134 valence electrons. The zero-order valence-electron chi connectivity index (χ0n) is 14.5. The zero-order valence-corrected chi connectivity index (χ0v) is 15.3. The zero-order chi connectivity index (χ0) is 18.3. The third-order valence-electron chi connectivity index (χ3n) is 4.45. The lowest BCUT2D eigenvalue weighted by molar-refractivity contribution is -0.124. The Balaban J connectivity index is 1.75. The van der Waals surface area contributed by atoms with Crippen LogP contribution in [0.4, 0.5) is 0 Å². The number of piperidine rings is 1. The van der Waals surface area contributed by atoms with Crippen molar-refractivity contribution in [1.82, 2.24) is 20.8 Å². The number of aromatic nitrogens is 2. The summed E-state index contributed by atoms with van der Waals surface area (Å²) in [6, 6.07) is 5.19. The van der Waals surface area contributed by atoms with Gasteiger partial charge in [0.2, 0.25) is 5.91 Å². The molecule has 1 fully saturated rings. The third kappa shape index (κ3) is 2.96. The van der Waals surface area contributed by atoms with E-state index >= 15 is 0 Å². The summed E-state index contributed by atoms with van der Waals surface area (Å²) in [4.78, 5) is 31.5. The standard InChI is InChI=1S/C18H18N4O3S/c1-9-5-6-14(26-9)13-8-11(15-10(2)22-25-18(15)21-13)16(23)20-12-4-3-7-19-17(12)24/h5-6,8,12H,3-4,7H2,1-2H3,(H,19,24)(H,20,23). The number of carbonyl (C=O) groups is 2. The van der Waals surface area contributed by atoms with E-state index < -0.39 is 6.04 Å². The van der Waals surface area contributed by atoms with Crippen LogP contribution in [0.25, 0.3) is 21.7 Å². The fourth-order valence-electron chi connectivity index (χ4n) is 3.12. The predicted octanol–water partition coefficient (Wildman–Crippen LogP) is 2.58. The molecule has 2 N–H and O–H groups in total. The van der Waals surface area contributed by atoms with Gasteiger partial charge in [0.1, 0.15) is 6.04 Å². The van der Waals surface area contributed by atoms with Gasteiger partial charge in [0.05, 0.1) is 27.2 Å². The summed E-state index contributed by atoms with van der Waals surface area (Å²) in [5.41, 5.74) is 2.00. The molecule has 0 radical (unpaired) electrons. The Morgan fingerprint density at radius 2 is 2.23 bits per heavy atom. The van der Waals surface area contributed by atoms with Crippen molar-refractivity contribution in [3.63, 3.8) is 0 Å². The quantitative estimate of drug-likeness (QED) is 0.738. The van der Waals surface area contributed by atoms with E-state index in [4.69, 9.17) is 4.52 Å². The summed E-state index contributed by atoms with van der Waals surface area (Å²) in [5, 5.41) is 10.1. The van der Waals surface area contributed by atoms with Crippen LogP contribution < -0.4 is 10.6 Å². The van der Waals surface area contributed by atoms with E-state index in [-0.39, 0.29) is 11.8 Å². The summed E-state index contributed by atoms with van der Waals surface area (Å²) >= 11 is 1.59. The number of rotatable bonds is 3. The van der Waals surface area contributed by atoms with Crippen molar-refractivity contribution in [1.29, 1.82) is 0 Å². The molecule has 1 aliphatic heterocycles. The summed E-state index contributed by atoms with van der Waals surface area (Å²) in [7, 11) is 0. The van der Waals surface area contributed by atoms with Crippen molar-refractivity contribution >= 4 is 34.3 Å². The fourth-order valence-corrected chi connectivity index (χ4v) is 3.95. The fraction of sp³-hybridized carbons (Fsp3) is 0.333. The van der Waals surface area contributed by atoms with Gasteiger partial charge in [-0.3, -0.25) is 9.59 Å². The van der Waals surface area contributed by atoms with Crippen LogP contribution in [0.3, 0.4) is 0 Å². The van der Waals surface area contributed by atoms with Gasteiger partial charge in [0, 0.05) is 11.4 Å². The average molecular weight is 370 g/mol. The van der Waals surface area contributed by atoms with Crippen molar-refractivity contribution < 1.29 is 14.1 Å². The Labute approximate surface area is 153 Å². The number of nitrogens with zero attached hydrogens (tertiary/aromatic N) is 2. The van der Waals surface area contributed by atoms with Gasteiger partial charge >= 0.3 is 0 Å². The van der Waals surface area contributed by atoms with E-state index in [1.807, 2.05) is 19.1 Å². The normalized spacial score (nSPS) is 17.3. The molecular weight excluding hydrogens is 352 g/mol. The topological polar surface area (TPSA) is 97.1 Å². The largest absolute Gasteiger partial charge is 0.354 e. The van der Waals surface area contributed by atoms with Crippen LogP contribution in [0.2, 0.25) is 0 Å². The van der Waals surface area contributed by atoms with Gasteiger partial charge in [-0.25, -0.2) is 4.98 Å². The smallest absolute Gasteiger partial charge is 0.259 e. The maximum atomic E-state index is 12.9. The highest BCUT2D eigenvalue weighted by Gasteiger charge is 2.26. The molecule has 3 aromatic heterocycles. The second kappa shape index (κ2) is 6.53. The molecule has 1 aliphatic rings. The van der Waals surface area contributed by atoms with E-state index in [1.54, 1.807) is 24.3 Å². The highest BCUT2D eigenvalue weighted by molar-refractivity contribution is 7.15. The van der Waals surface area contributed by atoms with Crippen LogP contribution in [0.15, 0.2) is 22.7 Å². The number of fused-ring (bicyclic) bond motifs is 1. The Bertz CT molecular complexity index is 1010. The van der Waals surface area contributed by atoms with E-state index in [9.17, 15) is 9.59 Å². The first kappa shape index (κ1) is 16.7. The Hall–Kier alpha value is -2.74. The van der Waals surface area contributed by atoms with Crippen molar-refractivity contribution in [3.05, 3.63) is 34.3 Å². The van der Waals surface area contributed by atoms with E-state index in [2.05, 4.69) is 20.8 Å². The maximum absolute atomic E-state index is 12.9. The molecule has 3 aromatic rings. The number of nitrogens with one attached hydrogen (secondary N) is 2. The molecule has 2 amide bonds. The van der Waals surface area contributed by atoms with E-state index in [0.29, 0.717) is 41.0 Å². The van der Waals surface area contributed by atoms with Gasteiger partial charge < -0.3 is 15.2 Å². The average Bonchev–Trinajstić information content (AvgIpc) is 3.22. The molecule has 8 heteroatoms. The summed E-state index contributed by atoms with van der Waals surface area (Å²) in [6.45, 7) is 4.44. The first-order valence-electron chi connectivity index (χ1n) is 8.45. The number of aryl methyl sites for hydroxylation is 2. The Morgan fingerprint density at radius 3 is 2.96 bits per heavy atom. The highest BCUT2D eigenvalue weighted by atomic mass is 32.1. The molecule has 0 aromatic carbocycles. The lowest BCUT2D eigenvalue weighted by atomic mass is 10.0. The summed E-state index contributed by atoms with van der Waals surface area (Å²) < 4.78 is 5.30. The van der Waals surface area contributed by atoms with Crippen LogP contribution in [0, 0.1) is 13.8 Å². The first-order valence-corrected chi connectivity index (χ1v) is 9.27. The van der Waals surface area contributed by atoms with Crippen LogP contribution in [0.5, 0.6) is 0 Å². The maximum Gasteiger partial charge on any atom is 0.259 e. The predicted molar refractivity (Wildman–Crippen MR) is 98.1 cm³/mol. The molecule has 0 aliphatic carbocycles. The number of pyridine rings is 1. The van der Waals surface area contributed by atoms with Crippen LogP contribution in [-0.4, -0.2) is 34.5 Å². The minimum Gasteiger partial charge on any atom is -0.354 e. The van der Waals surface area contributed by atoms with E-state index in [0.717, 1.165) is 16.2 Å². The van der Waals surface area contributed by atoms with Crippen LogP contribution >= 0.6 is 11.3 Å². The van der Waals surface area contributed by atoms with Gasteiger partial charge in [0.15, 0.2) is 0 Å². The number of amides is 2. The molecule has 0 saturated carbocycles. The molecule has 26 heavy (non-hydrogen) atoms. The summed E-state index contributed by atoms with van der Waals surface area (Å²) in [6.07, 6.45) is 1.47. The molecule has 0 bridgehead atoms. The Kier molecular flexibility index (Phi) is 4.20. The molecule has 7 nitrogen and oxygen atoms in total. The van der Waals surface area contributed by atoms with Gasteiger partial charge in [-0.05, 0) is 44.9 Å². The highest BCUT2D eigenvalue weighted by Crippen LogP contribution is 2.31. The SMILES string of the molecule is Cc1ccc(-c2cc(C(=O)NC3CCCNC3=O)c3c(C)noc3n2)s1. The second-order valence-corrected chi connectivity index (χ2v) is 7.66.